The zero-order valence-electron chi connectivity index (χ0n) is 18.7. The zero-order valence-corrected chi connectivity index (χ0v) is 18.7. The number of amides is 2. The highest BCUT2D eigenvalue weighted by Gasteiger charge is 2.27. The molecule has 3 aromatic rings. The highest BCUT2D eigenvalue weighted by molar-refractivity contribution is 5.90. The molecular weight excluding hydrogens is 388 g/mol. The van der Waals surface area contributed by atoms with Gasteiger partial charge in [0.15, 0.2) is 0 Å². The van der Waals surface area contributed by atoms with Crippen LogP contribution in [-0.2, 0) is 38.0 Å². The Morgan fingerprint density at radius 1 is 1.06 bits per heavy atom. The van der Waals surface area contributed by atoms with Crippen molar-refractivity contribution in [2.45, 2.75) is 47.0 Å². The summed E-state index contributed by atoms with van der Waals surface area (Å²) in [6, 6.07) is 14.3. The van der Waals surface area contributed by atoms with Crippen molar-refractivity contribution in [3.05, 3.63) is 81.7 Å². The summed E-state index contributed by atoms with van der Waals surface area (Å²) in [6.07, 6.45) is 0.789. The number of rotatable bonds is 5. The molecule has 1 aromatic heterocycles. The number of nitrogens with zero attached hydrogens (tertiary/aromatic N) is 3. The molecule has 2 aromatic carbocycles. The van der Waals surface area contributed by atoms with Gasteiger partial charge in [-0.25, -0.2) is 4.79 Å². The molecule has 0 spiro atoms. The molecule has 0 radical (unpaired) electrons. The quantitative estimate of drug-likeness (QED) is 0.656. The Bertz CT molecular complexity index is 1090. The van der Waals surface area contributed by atoms with Crippen LogP contribution in [0.1, 0.15) is 39.2 Å². The molecule has 2 amide bonds. The predicted octanol–water partition coefficient (Wildman–Crippen LogP) is 4.65. The smallest absolute Gasteiger partial charge is 0.322 e. The maximum atomic E-state index is 12.9. The minimum atomic E-state index is -0.0759. The lowest BCUT2D eigenvalue weighted by atomic mass is 10.1. The van der Waals surface area contributed by atoms with Crippen LogP contribution in [0.3, 0.4) is 0 Å². The lowest BCUT2D eigenvalue weighted by Crippen LogP contribution is -2.39. The van der Waals surface area contributed by atoms with Gasteiger partial charge in [-0.1, -0.05) is 47.5 Å². The van der Waals surface area contributed by atoms with Gasteiger partial charge in [0.2, 0.25) is 0 Å². The number of carbonyl (C=O) groups is 1. The van der Waals surface area contributed by atoms with Crippen LogP contribution in [0.2, 0.25) is 0 Å². The van der Waals surface area contributed by atoms with Crippen LogP contribution in [0.25, 0.3) is 0 Å². The normalized spacial score (nSPS) is 13.2. The molecule has 0 atom stereocenters. The number of hydrogen-bond acceptors (Lipinski definition) is 3. The van der Waals surface area contributed by atoms with Gasteiger partial charge < -0.3 is 15.0 Å². The van der Waals surface area contributed by atoms with E-state index in [2.05, 4.69) is 54.6 Å². The van der Waals surface area contributed by atoms with Crippen LogP contribution in [0.15, 0.2) is 42.5 Å². The number of aromatic nitrogens is 2. The van der Waals surface area contributed by atoms with Crippen LogP contribution < -0.4 is 5.32 Å². The van der Waals surface area contributed by atoms with E-state index in [1.165, 1.54) is 16.8 Å². The number of urea groups is 1. The second-order valence-electron chi connectivity index (χ2n) is 8.39. The number of hydrogen-bond donors (Lipinski definition) is 1. The van der Waals surface area contributed by atoms with Crippen LogP contribution in [0, 0.1) is 20.8 Å². The third-order valence-electron chi connectivity index (χ3n) is 5.86. The fourth-order valence-electron chi connectivity index (χ4n) is 4.06. The average molecular weight is 419 g/mol. The number of aryl methyl sites for hydroxylation is 4. The van der Waals surface area contributed by atoms with Gasteiger partial charge in [-0.2, -0.15) is 5.10 Å². The van der Waals surface area contributed by atoms with Crippen LogP contribution >= 0.6 is 0 Å². The van der Waals surface area contributed by atoms with E-state index in [-0.39, 0.29) is 6.03 Å². The third kappa shape index (κ3) is 4.80. The molecule has 162 valence electrons. The molecule has 1 N–H and O–H groups in total. The van der Waals surface area contributed by atoms with Crippen molar-refractivity contribution in [3.8, 4) is 0 Å². The third-order valence-corrected chi connectivity index (χ3v) is 5.86. The summed E-state index contributed by atoms with van der Waals surface area (Å²) in [5, 5.41) is 7.73. The lowest BCUT2D eigenvalue weighted by molar-refractivity contribution is 0.103. The van der Waals surface area contributed by atoms with E-state index in [1.807, 2.05) is 35.7 Å². The Morgan fingerprint density at radius 2 is 1.81 bits per heavy atom. The summed E-state index contributed by atoms with van der Waals surface area (Å²) in [6.45, 7) is 8.34. The molecule has 0 bridgehead atoms. The molecular formula is C25H30N4O2. The Morgan fingerprint density at radius 3 is 2.55 bits per heavy atom. The van der Waals surface area contributed by atoms with Gasteiger partial charge in [0.25, 0.3) is 0 Å². The van der Waals surface area contributed by atoms with Gasteiger partial charge in [0.1, 0.15) is 0 Å². The van der Waals surface area contributed by atoms with Crippen molar-refractivity contribution in [2.75, 3.05) is 11.9 Å². The van der Waals surface area contributed by atoms with E-state index in [1.54, 1.807) is 0 Å². The van der Waals surface area contributed by atoms with E-state index >= 15 is 0 Å². The van der Waals surface area contributed by atoms with Gasteiger partial charge in [0.05, 0.1) is 25.5 Å². The van der Waals surface area contributed by atoms with Gasteiger partial charge in [-0.3, -0.25) is 4.68 Å². The van der Waals surface area contributed by atoms with E-state index in [9.17, 15) is 4.79 Å². The summed E-state index contributed by atoms with van der Waals surface area (Å²) in [5.41, 5.74) is 8.69. The Labute approximate surface area is 183 Å². The molecule has 0 unspecified atom stereocenters. The Hall–Kier alpha value is -3.12. The summed E-state index contributed by atoms with van der Waals surface area (Å²) in [7, 11) is 1.97. The fourth-order valence-corrected chi connectivity index (χ4v) is 4.06. The first-order valence-electron chi connectivity index (χ1n) is 10.7. The van der Waals surface area contributed by atoms with Gasteiger partial charge in [0, 0.05) is 37.0 Å². The van der Waals surface area contributed by atoms with E-state index in [0.29, 0.717) is 26.3 Å². The van der Waals surface area contributed by atoms with Gasteiger partial charge in [-0.05, 0) is 38.0 Å². The molecule has 2 heterocycles. The highest BCUT2D eigenvalue weighted by Crippen LogP contribution is 2.24. The van der Waals surface area contributed by atoms with E-state index < -0.39 is 0 Å². The molecule has 31 heavy (non-hydrogen) atoms. The summed E-state index contributed by atoms with van der Waals surface area (Å²) in [5.74, 6) is 0. The SMILES string of the molecule is Cc1ccc(COCc2nn(C)c3c2CN(C(=O)Nc2ccc(C)cc2C)CC3)cc1. The molecule has 0 aliphatic carbocycles. The molecule has 6 nitrogen and oxygen atoms in total. The van der Waals surface area contributed by atoms with Gasteiger partial charge >= 0.3 is 6.03 Å². The van der Waals surface area contributed by atoms with Crippen molar-refractivity contribution in [2.24, 2.45) is 7.05 Å². The second kappa shape index (κ2) is 8.94. The van der Waals surface area contributed by atoms with Crippen molar-refractivity contribution in [1.82, 2.24) is 14.7 Å². The summed E-state index contributed by atoms with van der Waals surface area (Å²) < 4.78 is 7.88. The number of ether oxygens (including phenoxy) is 1. The number of carbonyl (C=O) groups excluding carboxylic acids is 1. The van der Waals surface area contributed by atoms with Crippen LogP contribution in [0.4, 0.5) is 10.5 Å². The van der Waals surface area contributed by atoms with E-state index in [4.69, 9.17) is 4.74 Å². The molecule has 0 saturated carbocycles. The minimum absolute atomic E-state index is 0.0759. The lowest BCUT2D eigenvalue weighted by Gasteiger charge is -2.28. The fraction of sp³-hybridized carbons (Fsp3) is 0.360. The first-order valence-corrected chi connectivity index (χ1v) is 10.7. The molecule has 6 heteroatoms. The monoisotopic (exact) mass is 418 g/mol. The first-order chi connectivity index (χ1) is 14.9. The number of benzene rings is 2. The summed E-state index contributed by atoms with van der Waals surface area (Å²) >= 11 is 0. The zero-order chi connectivity index (χ0) is 22.0. The topological polar surface area (TPSA) is 59.4 Å². The van der Waals surface area contributed by atoms with Crippen molar-refractivity contribution >= 4 is 11.7 Å². The van der Waals surface area contributed by atoms with Crippen molar-refractivity contribution in [1.29, 1.82) is 0 Å². The largest absolute Gasteiger partial charge is 0.370 e. The molecule has 4 rings (SSSR count). The summed E-state index contributed by atoms with van der Waals surface area (Å²) in [4.78, 5) is 14.8. The minimum Gasteiger partial charge on any atom is -0.370 e. The molecule has 0 saturated heterocycles. The molecule has 1 aliphatic heterocycles. The maximum absolute atomic E-state index is 12.9. The molecule has 0 fully saturated rings. The predicted molar refractivity (Wildman–Crippen MR) is 122 cm³/mol. The van der Waals surface area contributed by atoms with Crippen molar-refractivity contribution < 1.29 is 9.53 Å². The molecule has 1 aliphatic rings. The highest BCUT2D eigenvalue weighted by atomic mass is 16.5. The second-order valence-corrected chi connectivity index (χ2v) is 8.39. The van der Waals surface area contributed by atoms with Crippen LogP contribution in [0.5, 0.6) is 0 Å². The van der Waals surface area contributed by atoms with Gasteiger partial charge in [-0.15, -0.1) is 0 Å². The standard InChI is InChI=1S/C25H30N4O2/c1-17-5-8-20(9-6-17)15-31-16-23-21-14-29(12-11-24(21)28(4)27-23)25(30)26-22-10-7-18(2)13-19(22)3/h5-10,13H,11-12,14-16H2,1-4H3,(H,26,30). The Balaban J connectivity index is 1.41. The number of fused-ring (bicyclic) bond motifs is 1. The van der Waals surface area contributed by atoms with E-state index in [0.717, 1.165) is 34.5 Å². The Kier molecular flexibility index (Phi) is 6.09. The first kappa shape index (κ1) is 21.1. The number of nitrogens with one attached hydrogen (secondary N) is 1. The van der Waals surface area contributed by atoms with Crippen molar-refractivity contribution in [3.63, 3.8) is 0 Å². The number of anilines is 1. The maximum Gasteiger partial charge on any atom is 0.322 e. The van der Waals surface area contributed by atoms with Crippen LogP contribution in [-0.4, -0.2) is 27.3 Å². The average Bonchev–Trinajstić information content (AvgIpc) is 3.06.